The first kappa shape index (κ1) is 19.8. The lowest BCUT2D eigenvalue weighted by Gasteiger charge is -2.28. The number of nitrogens with one attached hydrogen (secondary N) is 2. The molecular formula is C20H25N5O3S. The predicted octanol–water partition coefficient (Wildman–Crippen LogP) is 2.57. The highest BCUT2D eigenvalue weighted by atomic mass is 32.1. The highest BCUT2D eigenvalue weighted by Gasteiger charge is 2.18. The second kappa shape index (κ2) is 9.82. The van der Waals surface area contributed by atoms with Crippen LogP contribution in [0.15, 0.2) is 36.4 Å². The van der Waals surface area contributed by atoms with Crippen molar-refractivity contribution in [3.63, 3.8) is 0 Å². The Hall–Kier alpha value is -2.49. The molecule has 0 spiro atoms. The molecule has 2 N–H and O–H groups in total. The Morgan fingerprint density at radius 1 is 1.17 bits per heavy atom. The molecule has 4 rings (SSSR count). The van der Waals surface area contributed by atoms with Gasteiger partial charge in [0.05, 0.1) is 19.3 Å². The van der Waals surface area contributed by atoms with E-state index in [4.69, 9.17) is 26.4 Å². The summed E-state index contributed by atoms with van der Waals surface area (Å²) in [7, 11) is 0. The molecule has 1 atom stereocenters. The Kier molecular flexibility index (Phi) is 6.71. The monoisotopic (exact) mass is 415 g/mol. The van der Waals surface area contributed by atoms with Gasteiger partial charge in [0.25, 0.3) is 0 Å². The standard InChI is InChI=1S/C20H25N5O3S/c29-20(21-14-16-7-4-10-27-16)24-19-22-17(25-8-11-26-12-9-25)13-18(23-19)28-15-5-2-1-3-6-15/h1-3,5-6,13,16H,4,7-12,14H2,(H2,21,22,23,24,29)/t16-/m0/s1. The number of ether oxygens (including phenoxy) is 3. The first-order valence-corrected chi connectivity index (χ1v) is 10.3. The number of para-hydroxylation sites is 1. The quantitative estimate of drug-likeness (QED) is 0.692. The van der Waals surface area contributed by atoms with Crippen molar-refractivity contribution in [2.45, 2.75) is 18.9 Å². The van der Waals surface area contributed by atoms with Crippen LogP contribution in [0.3, 0.4) is 0 Å². The van der Waals surface area contributed by atoms with Crippen LogP contribution >= 0.6 is 12.2 Å². The summed E-state index contributed by atoms with van der Waals surface area (Å²) in [5.41, 5.74) is 0. The molecule has 2 aliphatic rings. The molecule has 0 unspecified atom stereocenters. The summed E-state index contributed by atoms with van der Waals surface area (Å²) in [4.78, 5) is 11.3. The summed E-state index contributed by atoms with van der Waals surface area (Å²) in [5.74, 6) is 2.34. The van der Waals surface area contributed by atoms with Gasteiger partial charge in [-0.25, -0.2) is 0 Å². The van der Waals surface area contributed by atoms with E-state index in [1.54, 1.807) is 0 Å². The summed E-state index contributed by atoms with van der Waals surface area (Å²) in [6, 6.07) is 11.4. The lowest BCUT2D eigenvalue weighted by Crippen LogP contribution is -2.37. The third-order valence-electron chi connectivity index (χ3n) is 4.73. The van der Waals surface area contributed by atoms with Crippen LogP contribution < -0.4 is 20.3 Å². The largest absolute Gasteiger partial charge is 0.439 e. The zero-order valence-electron chi connectivity index (χ0n) is 16.2. The van der Waals surface area contributed by atoms with Gasteiger partial charge >= 0.3 is 0 Å². The Bertz CT molecular complexity index is 811. The SMILES string of the molecule is S=C(NC[C@@H]1CCCO1)Nc1nc(Oc2ccccc2)cc(N2CCOCC2)n1. The molecule has 29 heavy (non-hydrogen) atoms. The van der Waals surface area contributed by atoms with Crippen LogP contribution in [0.4, 0.5) is 11.8 Å². The fourth-order valence-electron chi connectivity index (χ4n) is 3.24. The Balaban J connectivity index is 1.47. The zero-order chi connectivity index (χ0) is 19.9. The average Bonchev–Trinajstić information content (AvgIpc) is 3.27. The molecule has 3 heterocycles. The van der Waals surface area contributed by atoms with Gasteiger partial charge in [0, 0.05) is 32.3 Å². The summed E-state index contributed by atoms with van der Waals surface area (Å²) >= 11 is 5.41. The summed E-state index contributed by atoms with van der Waals surface area (Å²) in [6.07, 6.45) is 2.35. The van der Waals surface area contributed by atoms with Crippen molar-refractivity contribution in [2.24, 2.45) is 0 Å². The Labute approximate surface area is 175 Å². The van der Waals surface area contributed by atoms with E-state index in [1.165, 1.54) is 0 Å². The lowest BCUT2D eigenvalue weighted by molar-refractivity contribution is 0.114. The third-order valence-corrected chi connectivity index (χ3v) is 4.98. The van der Waals surface area contributed by atoms with Gasteiger partial charge in [0.2, 0.25) is 11.8 Å². The van der Waals surface area contributed by atoms with Crippen molar-refractivity contribution < 1.29 is 14.2 Å². The minimum Gasteiger partial charge on any atom is -0.439 e. The number of nitrogens with zero attached hydrogens (tertiary/aromatic N) is 3. The number of aromatic nitrogens is 2. The van der Waals surface area contributed by atoms with E-state index in [2.05, 4.69) is 25.5 Å². The molecular weight excluding hydrogens is 390 g/mol. The fourth-order valence-corrected chi connectivity index (χ4v) is 3.42. The van der Waals surface area contributed by atoms with Gasteiger partial charge in [-0.15, -0.1) is 0 Å². The summed E-state index contributed by atoms with van der Waals surface area (Å²) < 4.78 is 17.0. The van der Waals surface area contributed by atoms with Gasteiger partial charge in [-0.3, -0.25) is 0 Å². The number of hydrogen-bond donors (Lipinski definition) is 2. The zero-order valence-corrected chi connectivity index (χ0v) is 17.0. The Morgan fingerprint density at radius 3 is 2.76 bits per heavy atom. The minimum absolute atomic E-state index is 0.201. The fraction of sp³-hybridized carbons (Fsp3) is 0.450. The molecule has 0 radical (unpaired) electrons. The molecule has 9 heteroatoms. The molecule has 2 saturated heterocycles. The van der Waals surface area contributed by atoms with E-state index in [9.17, 15) is 0 Å². The molecule has 0 saturated carbocycles. The number of thiocarbonyl (C=S) groups is 1. The van der Waals surface area contributed by atoms with Crippen LogP contribution in [0, 0.1) is 0 Å². The molecule has 1 aromatic carbocycles. The number of morpholine rings is 1. The maximum Gasteiger partial charge on any atom is 0.234 e. The molecule has 0 aliphatic carbocycles. The summed E-state index contributed by atoms with van der Waals surface area (Å²) in [6.45, 7) is 4.36. The van der Waals surface area contributed by atoms with Crippen molar-refractivity contribution >= 4 is 29.1 Å². The molecule has 2 fully saturated rings. The Morgan fingerprint density at radius 2 is 2.00 bits per heavy atom. The second-order valence-electron chi connectivity index (χ2n) is 6.87. The van der Waals surface area contributed by atoms with E-state index in [0.29, 0.717) is 42.4 Å². The number of rotatable bonds is 6. The van der Waals surface area contributed by atoms with Crippen LogP contribution in [0.5, 0.6) is 11.6 Å². The number of anilines is 2. The molecule has 8 nitrogen and oxygen atoms in total. The molecule has 2 aliphatic heterocycles. The van der Waals surface area contributed by atoms with Gasteiger partial charge in [-0.1, -0.05) is 18.2 Å². The third kappa shape index (κ3) is 5.75. The van der Waals surface area contributed by atoms with E-state index < -0.39 is 0 Å². The topological polar surface area (TPSA) is 80.8 Å². The maximum atomic E-state index is 5.94. The van der Waals surface area contributed by atoms with Crippen LogP contribution in [-0.2, 0) is 9.47 Å². The van der Waals surface area contributed by atoms with Gasteiger partial charge < -0.3 is 29.7 Å². The maximum absolute atomic E-state index is 5.94. The summed E-state index contributed by atoms with van der Waals surface area (Å²) in [5, 5.41) is 6.72. The van der Waals surface area contributed by atoms with Crippen molar-refractivity contribution in [1.29, 1.82) is 0 Å². The van der Waals surface area contributed by atoms with Gasteiger partial charge in [-0.05, 0) is 37.2 Å². The van der Waals surface area contributed by atoms with E-state index in [0.717, 1.165) is 38.4 Å². The first-order valence-electron chi connectivity index (χ1n) is 9.87. The second-order valence-corrected chi connectivity index (χ2v) is 7.28. The van der Waals surface area contributed by atoms with Crippen LogP contribution in [0.1, 0.15) is 12.8 Å². The van der Waals surface area contributed by atoms with Gasteiger partial charge in [-0.2, -0.15) is 9.97 Å². The normalized spacial score (nSPS) is 19.0. The van der Waals surface area contributed by atoms with Crippen LogP contribution in [0.25, 0.3) is 0 Å². The lowest BCUT2D eigenvalue weighted by atomic mass is 10.2. The highest BCUT2D eigenvalue weighted by molar-refractivity contribution is 7.80. The van der Waals surface area contributed by atoms with Crippen LogP contribution in [0.2, 0.25) is 0 Å². The first-order chi connectivity index (χ1) is 14.3. The molecule has 2 aromatic rings. The molecule has 0 amide bonds. The predicted molar refractivity (Wildman–Crippen MR) is 115 cm³/mol. The van der Waals surface area contributed by atoms with Gasteiger partial charge in [0.15, 0.2) is 5.11 Å². The van der Waals surface area contributed by atoms with Crippen molar-refractivity contribution in [1.82, 2.24) is 15.3 Å². The van der Waals surface area contributed by atoms with Gasteiger partial charge in [0.1, 0.15) is 11.6 Å². The molecule has 1 aromatic heterocycles. The highest BCUT2D eigenvalue weighted by Crippen LogP contribution is 2.25. The van der Waals surface area contributed by atoms with E-state index in [1.807, 2.05) is 36.4 Å². The number of hydrogen-bond acceptors (Lipinski definition) is 7. The van der Waals surface area contributed by atoms with E-state index >= 15 is 0 Å². The minimum atomic E-state index is 0.201. The van der Waals surface area contributed by atoms with Crippen LogP contribution in [-0.4, -0.2) is 60.6 Å². The smallest absolute Gasteiger partial charge is 0.234 e. The molecule has 154 valence electrons. The van der Waals surface area contributed by atoms with Crippen molar-refractivity contribution in [2.75, 3.05) is 49.7 Å². The van der Waals surface area contributed by atoms with E-state index in [-0.39, 0.29) is 6.10 Å². The molecule has 0 bridgehead atoms. The van der Waals surface area contributed by atoms with Crippen molar-refractivity contribution in [3.05, 3.63) is 36.4 Å². The number of benzene rings is 1. The van der Waals surface area contributed by atoms with Crippen molar-refractivity contribution in [3.8, 4) is 11.6 Å². The average molecular weight is 416 g/mol.